The van der Waals surface area contributed by atoms with Gasteiger partial charge in [0.2, 0.25) is 10.0 Å². The van der Waals surface area contributed by atoms with Gasteiger partial charge in [-0.15, -0.1) is 0 Å². The standard InChI is InChI=1S/C17H16F3N7O2S/c18-17(19,20)13-3-1-2-4-14(13)30(28,29)26-7-5-25(6-8-26)15-9-16(23-11-22-15)27-12-21-10-24-27/h1-4,9-12H,5-8H2. The van der Waals surface area contributed by atoms with Gasteiger partial charge in [-0.25, -0.2) is 28.1 Å². The summed E-state index contributed by atoms with van der Waals surface area (Å²) in [6.07, 6.45) is -0.557. The molecule has 0 unspecified atom stereocenters. The van der Waals surface area contributed by atoms with Gasteiger partial charge in [0.1, 0.15) is 24.8 Å². The van der Waals surface area contributed by atoms with E-state index in [1.165, 1.54) is 35.8 Å². The van der Waals surface area contributed by atoms with Crippen molar-refractivity contribution in [2.24, 2.45) is 0 Å². The smallest absolute Gasteiger partial charge is 0.354 e. The first-order valence-electron chi connectivity index (χ1n) is 8.85. The van der Waals surface area contributed by atoms with E-state index < -0.39 is 26.7 Å². The van der Waals surface area contributed by atoms with Crippen LogP contribution in [0.15, 0.2) is 54.2 Å². The number of alkyl halides is 3. The monoisotopic (exact) mass is 439 g/mol. The molecular weight excluding hydrogens is 423 g/mol. The molecule has 4 rings (SSSR count). The lowest BCUT2D eigenvalue weighted by Crippen LogP contribution is -2.49. The number of hydrogen-bond donors (Lipinski definition) is 0. The molecule has 30 heavy (non-hydrogen) atoms. The summed E-state index contributed by atoms with van der Waals surface area (Å²) in [7, 11) is -4.29. The Morgan fingerprint density at radius 1 is 0.933 bits per heavy atom. The maximum Gasteiger partial charge on any atom is 0.417 e. The van der Waals surface area contributed by atoms with Crippen LogP contribution in [-0.2, 0) is 16.2 Å². The molecule has 1 aromatic carbocycles. The zero-order valence-electron chi connectivity index (χ0n) is 15.4. The van der Waals surface area contributed by atoms with Crippen molar-refractivity contribution in [2.75, 3.05) is 31.1 Å². The van der Waals surface area contributed by atoms with Crippen LogP contribution in [-0.4, -0.2) is 63.6 Å². The molecule has 1 aliphatic rings. The summed E-state index contributed by atoms with van der Waals surface area (Å²) in [5, 5.41) is 4.00. The van der Waals surface area contributed by atoms with Gasteiger partial charge in [0, 0.05) is 32.2 Å². The highest BCUT2D eigenvalue weighted by atomic mass is 32.2. The Hall–Kier alpha value is -3.06. The summed E-state index contributed by atoms with van der Waals surface area (Å²) < 4.78 is 68.1. The van der Waals surface area contributed by atoms with E-state index in [0.717, 1.165) is 16.4 Å². The van der Waals surface area contributed by atoms with Crippen LogP contribution in [0.4, 0.5) is 19.0 Å². The van der Waals surface area contributed by atoms with Crippen molar-refractivity contribution in [3.63, 3.8) is 0 Å². The van der Waals surface area contributed by atoms with Crippen LogP contribution < -0.4 is 4.90 Å². The van der Waals surface area contributed by atoms with Gasteiger partial charge in [-0.1, -0.05) is 12.1 Å². The summed E-state index contributed by atoms with van der Waals surface area (Å²) in [4.78, 5) is 13.3. The number of aromatic nitrogens is 5. The molecule has 2 aromatic heterocycles. The van der Waals surface area contributed by atoms with Crippen molar-refractivity contribution < 1.29 is 21.6 Å². The van der Waals surface area contributed by atoms with Crippen LogP contribution in [0.3, 0.4) is 0 Å². The zero-order chi connectivity index (χ0) is 21.4. The van der Waals surface area contributed by atoms with E-state index in [1.807, 2.05) is 4.90 Å². The Labute approximate surface area is 169 Å². The largest absolute Gasteiger partial charge is 0.417 e. The molecule has 9 nitrogen and oxygen atoms in total. The van der Waals surface area contributed by atoms with Gasteiger partial charge in [-0.3, -0.25) is 0 Å². The predicted octanol–water partition coefficient (Wildman–Crippen LogP) is 1.59. The van der Waals surface area contributed by atoms with E-state index in [2.05, 4.69) is 20.1 Å². The first kappa shape index (κ1) is 20.2. The number of rotatable bonds is 4. The van der Waals surface area contributed by atoms with Gasteiger partial charge in [-0.2, -0.15) is 22.6 Å². The van der Waals surface area contributed by atoms with Crippen LogP contribution in [0.2, 0.25) is 0 Å². The molecule has 0 saturated carbocycles. The van der Waals surface area contributed by atoms with E-state index in [0.29, 0.717) is 11.6 Å². The third-order valence-electron chi connectivity index (χ3n) is 4.66. The average molecular weight is 439 g/mol. The number of piperazine rings is 1. The average Bonchev–Trinajstić information content (AvgIpc) is 3.28. The number of anilines is 1. The molecule has 0 spiro atoms. The van der Waals surface area contributed by atoms with Crippen LogP contribution in [0, 0.1) is 0 Å². The van der Waals surface area contributed by atoms with Crippen LogP contribution in [0.25, 0.3) is 5.82 Å². The lowest BCUT2D eigenvalue weighted by molar-refractivity contribution is -0.139. The lowest BCUT2D eigenvalue weighted by Gasteiger charge is -2.35. The third-order valence-corrected chi connectivity index (χ3v) is 6.62. The molecule has 0 amide bonds. The number of nitrogens with zero attached hydrogens (tertiary/aromatic N) is 7. The Morgan fingerprint density at radius 3 is 2.30 bits per heavy atom. The highest BCUT2D eigenvalue weighted by molar-refractivity contribution is 7.89. The maximum atomic E-state index is 13.3. The highest BCUT2D eigenvalue weighted by Crippen LogP contribution is 2.35. The molecule has 1 aliphatic heterocycles. The van der Waals surface area contributed by atoms with Crippen LogP contribution >= 0.6 is 0 Å². The van der Waals surface area contributed by atoms with Crippen molar-refractivity contribution in [3.8, 4) is 5.82 Å². The van der Waals surface area contributed by atoms with E-state index in [-0.39, 0.29) is 26.2 Å². The second-order valence-corrected chi connectivity index (χ2v) is 8.37. The quantitative estimate of drug-likeness (QED) is 0.609. The van der Waals surface area contributed by atoms with Gasteiger partial charge in [0.25, 0.3) is 0 Å². The minimum Gasteiger partial charge on any atom is -0.354 e. The van der Waals surface area contributed by atoms with Gasteiger partial charge in [0.05, 0.1) is 10.5 Å². The molecule has 0 radical (unpaired) electrons. The topological polar surface area (TPSA) is 97.1 Å². The Kier molecular flexibility index (Phi) is 5.15. The molecule has 0 atom stereocenters. The van der Waals surface area contributed by atoms with Crippen LogP contribution in [0.1, 0.15) is 5.56 Å². The Bertz CT molecular complexity index is 1130. The van der Waals surface area contributed by atoms with Gasteiger partial charge < -0.3 is 4.90 Å². The van der Waals surface area contributed by atoms with Crippen molar-refractivity contribution in [1.82, 2.24) is 29.0 Å². The third kappa shape index (κ3) is 3.85. The molecule has 0 N–H and O–H groups in total. The lowest BCUT2D eigenvalue weighted by atomic mass is 10.2. The maximum absolute atomic E-state index is 13.3. The van der Waals surface area contributed by atoms with Gasteiger partial charge in [0.15, 0.2) is 5.82 Å². The summed E-state index contributed by atoms with van der Waals surface area (Å²) >= 11 is 0. The molecule has 13 heteroatoms. The predicted molar refractivity (Wildman–Crippen MR) is 99.4 cm³/mol. The highest BCUT2D eigenvalue weighted by Gasteiger charge is 2.39. The molecule has 0 bridgehead atoms. The second-order valence-electron chi connectivity index (χ2n) is 6.46. The first-order chi connectivity index (χ1) is 14.3. The molecular formula is C17H16F3N7O2S. The van der Waals surface area contributed by atoms with Gasteiger partial charge in [-0.05, 0) is 12.1 Å². The van der Waals surface area contributed by atoms with E-state index in [9.17, 15) is 21.6 Å². The van der Waals surface area contributed by atoms with Crippen molar-refractivity contribution in [2.45, 2.75) is 11.1 Å². The summed E-state index contributed by atoms with van der Waals surface area (Å²) in [6.45, 7) is 0.580. The van der Waals surface area contributed by atoms with Gasteiger partial charge >= 0.3 is 6.18 Å². The molecule has 1 fully saturated rings. The second kappa shape index (κ2) is 7.65. The fourth-order valence-electron chi connectivity index (χ4n) is 3.18. The number of hydrogen-bond acceptors (Lipinski definition) is 7. The normalized spacial score (nSPS) is 16.0. The Balaban J connectivity index is 1.52. The zero-order valence-corrected chi connectivity index (χ0v) is 16.3. The number of halogens is 3. The van der Waals surface area contributed by atoms with E-state index in [4.69, 9.17) is 0 Å². The summed E-state index contributed by atoms with van der Waals surface area (Å²) in [5.74, 6) is 1.05. The van der Waals surface area contributed by atoms with Crippen molar-refractivity contribution >= 4 is 15.8 Å². The number of benzene rings is 1. The minimum atomic E-state index is -4.76. The fraction of sp³-hybridized carbons (Fsp3) is 0.294. The molecule has 3 heterocycles. The molecule has 3 aromatic rings. The fourth-order valence-corrected chi connectivity index (χ4v) is 4.82. The summed E-state index contributed by atoms with van der Waals surface area (Å²) in [5.41, 5.74) is -1.17. The minimum absolute atomic E-state index is 0.0250. The molecule has 0 aliphatic carbocycles. The molecule has 158 valence electrons. The SMILES string of the molecule is O=S(=O)(c1ccccc1C(F)(F)F)N1CCN(c2cc(-n3cncn3)ncn2)CC1. The van der Waals surface area contributed by atoms with Crippen molar-refractivity contribution in [3.05, 3.63) is 54.9 Å². The van der Waals surface area contributed by atoms with Crippen LogP contribution in [0.5, 0.6) is 0 Å². The molecule has 1 saturated heterocycles. The Morgan fingerprint density at radius 2 is 1.63 bits per heavy atom. The first-order valence-corrected chi connectivity index (χ1v) is 10.3. The van der Waals surface area contributed by atoms with Crippen molar-refractivity contribution in [1.29, 1.82) is 0 Å². The summed E-state index contributed by atoms with van der Waals surface area (Å²) in [6, 6.07) is 5.89. The number of sulfonamides is 1. The van der Waals surface area contributed by atoms with E-state index in [1.54, 1.807) is 6.07 Å². The van der Waals surface area contributed by atoms with E-state index >= 15 is 0 Å².